The van der Waals surface area contributed by atoms with E-state index >= 15 is 0 Å². The Morgan fingerprint density at radius 1 is 1.38 bits per heavy atom. The lowest BCUT2D eigenvalue weighted by Crippen LogP contribution is -2.09. The Morgan fingerprint density at radius 3 is 2.96 bits per heavy atom. The third kappa shape index (κ3) is 4.04. The summed E-state index contributed by atoms with van der Waals surface area (Å²) >= 11 is 0. The lowest BCUT2D eigenvalue weighted by molar-refractivity contribution is -0.111. The first kappa shape index (κ1) is 18.0. The highest BCUT2D eigenvalue weighted by molar-refractivity contribution is 6.02. The number of hydrogen-bond acceptors (Lipinski definition) is 3. The van der Waals surface area contributed by atoms with E-state index in [2.05, 4.69) is 5.32 Å². The van der Waals surface area contributed by atoms with Gasteiger partial charge >= 0.3 is 0 Å². The van der Waals surface area contributed by atoms with Crippen LogP contribution in [-0.4, -0.2) is 18.6 Å². The van der Waals surface area contributed by atoms with Crippen molar-refractivity contribution in [3.63, 3.8) is 0 Å². The molecule has 0 saturated heterocycles. The molecule has 4 nitrogen and oxygen atoms in total. The fourth-order valence-electron chi connectivity index (χ4n) is 2.93. The first-order valence-corrected chi connectivity index (χ1v) is 8.68. The van der Waals surface area contributed by atoms with Crippen molar-refractivity contribution >= 4 is 17.7 Å². The fraction of sp³-hybridized carbons (Fsp3) is 0.286. The summed E-state index contributed by atoms with van der Waals surface area (Å²) < 4.78 is 24.8. The molecule has 0 spiro atoms. The van der Waals surface area contributed by atoms with Crippen LogP contribution in [0.4, 0.5) is 10.1 Å². The Hall–Kier alpha value is -2.82. The van der Waals surface area contributed by atoms with Crippen molar-refractivity contribution in [2.75, 3.05) is 11.9 Å². The normalized spacial score (nSPS) is 15.6. The van der Waals surface area contributed by atoms with Gasteiger partial charge in [-0.05, 0) is 56.7 Å². The van der Waals surface area contributed by atoms with E-state index in [1.165, 1.54) is 18.2 Å². The molecule has 0 radical (unpaired) electrons. The predicted molar refractivity (Wildman–Crippen MR) is 100 cm³/mol. The van der Waals surface area contributed by atoms with Crippen LogP contribution in [0.3, 0.4) is 0 Å². The van der Waals surface area contributed by atoms with E-state index < -0.39 is 5.82 Å². The first-order valence-electron chi connectivity index (χ1n) is 8.68. The smallest absolute Gasteiger partial charge is 0.248 e. The van der Waals surface area contributed by atoms with Crippen LogP contribution in [0.1, 0.15) is 30.5 Å². The molecule has 1 N–H and O–H groups in total. The van der Waals surface area contributed by atoms with E-state index in [9.17, 15) is 9.18 Å². The number of benzene rings is 2. The van der Waals surface area contributed by atoms with Crippen molar-refractivity contribution in [3.8, 4) is 11.5 Å². The van der Waals surface area contributed by atoms with Crippen molar-refractivity contribution in [1.82, 2.24) is 0 Å². The standard InChI is InChI=1S/C21H22FNO3/c1-4-25-19-11-16-9-14(3)26-20(16)10-15(19)6-8-21(24)23-18-12-17(22)7-5-13(18)2/h5-8,10-12,14H,4,9H2,1-3H3,(H,23,24)/b8-6+/t14-/m0/s1. The molecule has 0 bridgehead atoms. The lowest BCUT2D eigenvalue weighted by atomic mass is 10.1. The van der Waals surface area contributed by atoms with E-state index in [-0.39, 0.29) is 12.0 Å². The van der Waals surface area contributed by atoms with Crippen LogP contribution in [0.25, 0.3) is 6.08 Å². The summed E-state index contributed by atoms with van der Waals surface area (Å²) in [5.74, 6) is 0.811. The van der Waals surface area contributed by atoms with Gasteiger partial charge in [-0.15, -0.1) is 0 Å². The Balaban J connectivity index is 1.80. The van der Waals surface area contributed by atoms with E-state index in [0.29, 0.717) is 12.3 Å². The molecule has 1 atom stereocenters. The molecule has 1 aliphatic heterocycles. The van der Waals surface area contributed by atoms with E-state index in [1.807, 2.05) is 32.9 Å². The number of amides is 1. The number of aryl methyl sites for hydroxylation is 1. The van der Waals surface area contributed by atoms with E-state index in [0.717, 1.165) is 34.6 Å². The fourth-order valence-corrected chi connectivity index (χ4v) is 2.93. The number of ether oxygens (including phenoxy) is 2. The maximum absolute atomic E-state index is 13.3. The summed E-state index contributed by atoms with van der Waals surface area (Å²) in [6.45, 7) is 6.28. The largest absolute Gasteiger partial charge is 0.493 e. The summed E-state index contributed by atoms with van der Waals surface area (Å²) in [4.78, 5) is 12.2. The highest BCUT2D eigenvalue weighted by atomic mass is 19.1. The number of rotatable bonds is 5. The van der Waals surface area contributed by atoms with Crippen LogP contribution >= 0.6 is 0 Å². The molecule has 0 aliphatic carbocycles. The summed E-state index contributed by atoms with van der Waals surface area (Å²) in [6.07, 6.45) is 4.07. The second kappa shape index (κ2) is 7.60. The van der Waals surface area contributed by atoms with Crippen LogP contribution in [0, 0.1) is 12.7 Å². The molecule has 2 aromatic rings. The summed E-state index contributed by atoms with van der Waals surface area (Å²) in [5, 5.41) is 2.69. The SMILES string of the molecule is CCOc1cc2c(cc1/C=C/C(=O)Nc1cc(F)ccc1C)O[C@@H](C)C2. The lowest BCUT2D eigenvalue weighted by Gasteiger charge is -2.10. The van der Waals surface area contributed by atoms with Gasteiger partial charge in [0.05, 0.1) is 6.61 Å². The molecular weight excluding hydrogens is 333 g/mol. The zero-order chi connectivity index (χ0) is 18.7. The molecule has 1 heterocycles. The average molecular weight is 355 g/mol. The van der Waals surface area contributed by atoms with Gasteiger partial charge in [0.25, 0.3) is 0 Å². The number of carbonyl (C=O) groups excluding carboxylic acids is 1. The van der Waals surface area contributed by atoms with E-state index in [1.54, 1.807) is 12.1 Å². The number of anilines is 1. The highest BCUT2D eigenvalue weighted by Crippen LogP contribution is 2.35. The van der Waals surface area contributed by atoms with Crippen molar-refractivity contribution in [2.24, 2.45) is 0 Å². The summed E-state index contributed by atoms with van der Waals surface area (Å²) in [6, 6.07) is 8.15. The van der Waals surface area contributed by atoms with Crippen LogP contribution in [-0.2, 0) is 11.2 Å². The maximum atomic E-state index is 13.3. The number of carbonyl (C=O) groups is 1. The topological polar surface area (TPSA) is 47.6 Å². The second-order valence-corrected chi connectivity index (χ2v) is 6.35. The van der Waals surface area contributed by atoms with Crippen LogP contribution in [0.2, 0.25) is 0 Å². The van der Waals surface area contributed by atoms with Gasteiger partial charge in [0, 0.05) is 29.3 Å². The first-order chi connectivity index (χ1) is 12.5. The molecule has 0 saturated carbocycles. The van der Waals surface area contributed by atoms with Gasteiger partial charge in [-0.1, -0.05) is 6.07 Å². The Morgan fingerprint density at radius 2 is 2.19 bits per heavy atom. The number of nitrogens with one attached hydrogen (secondary N) is 1. The van der Waals surface area contributed by atoms with Gasteiger partial charge < -0.3 is 14.8 Å². The minimum atomic E-state index is -0.390. The highest BCUT2D eigenvalue weighted by Gasteiger charge is 2.21. The van der Waals surface area contributed by atoms with Crippen LogP contribution < -0.4 is 14.8 Å². The Kier molecular flexibility index (Phi) is 5.26. The minimum absolute atomic E-state index is 0.137. The average Bonchev–Trinajstić information content (AvgIpc) is 2.95. The zero-order valence-electron chi connectivity index (χ0n) is 15.1. The van der Waals surface area contributed by atoms with Crippen LogP contribution in [0.15, 0.2) is 36.4 Å². The maximum Gasteiger partial charge on any atom is 0.248 e. The molecule has 26 heavy (non-hydrogen) atoms. The Labute approximate surface area is 152 Å². The monoisotopic (exact) mass is 355 g/mol. The summed E-state index contributed by atoms with van der Waals surface area (Å²) in [7, 11) is 0. The van der Waals surface area contributed by atoms with Gasteiger partial charge in [-0.25, -0.2) is 4.39 Å². The predicted octanol–water partition coefficient (Wildman–Crippen LogP) is 4.51. The molecule has 0 fully saturated rings. The van der Waals surface area contributed by atoms with E-state index in [4.69, 9.17) is 9.47 Å². The molecule has 0 aromatic heterocycles. The Bertz CT molecular complexity index is 861. The summed E-state index contributed by atoms with van der Waals surface area (Å²) in [5.41, 5.74) is 3.13. The molecule has 1 amide bonds. The quantitative estimate of drug-likeness (QED) is 0.803. The van der Waals surface area contributed by atoms with Gasteiger partial charge in [0.2, 0.25) is 5.91 Å². The van der Waals surface area contributed by atoms with Crippen LogP contribution in [0.5, 0.6) is 11.5 Å². The molecule has 1 aliphatic rings. The van der Waals surface area contributed by atoms with Gasteiger partial charge in [0.1, 0.15) is 23.4 Å². The molecule has 3 rings (SSSR count). The zero-order valence-corrected chi connectivity index (χ0v) is 15.1. The number of hydrogen-bond donors (Lipinski definition) is 1. The van der Waals surface area contributed by atoms with Crippen molar-refractivity contribution in [1.29, 1.82) is 0 Å². The van der Waals surface area contributed by atoms with Crippen molar-refractivity contribution in [2.45, 2.75) is 33.3 Å². The van der Waals surface area contributed by atoms with Gasteiger partial charge in [-0.2, -0.15) is 0 Å². The molecule has 0 unspecified atom stereocenters. The molecular formula is C21H22FNO3. The minimum Gasteiger partial charge on any atom is -0.493 e. The van der Waals surface area contributed by atoms with Crippen molar-refractivity contribution in [3.05, 3.63) is 58.9 Å². The van der Waals surface area contributed by atoms with Gasteiger partial charge in [0.15, 0.2) is 0 Å². The number of fused-ring (bicyclic) bond motifs is 1. The second-order valence-electron chi connectivity index (χ2n) is 6.35. The molecule has 5 heteroatoms. The molecule has 2 aromatic carbocycles. The molecule has 136 valence electrons. The van der Waals surface area contributed by atoms with Crippen molar-refractivity contribution < 1.29 is 18.7 Å². The third-order valence-electron chi connectivity index (χ3n) is 4.20. The third-order valence-corrected chi connectivity index (χ3v) is 4.20. The number of halogens is 1. The van der Waals surface area contributed by atoms with Gasteiger partial charge in [-0.3, -0.25) is 4.79 Å².